The molecule has 1 N–H and O–H groups in total. The van der Waals surface area contributed by atoms with Crippen LogP contribution in [-0.4, -0.2) is 37.7 Å². The number of rotatable bonds is 5. The van der Waals surface area contributed by atoms with Crippen molar-refractivity contribution in [3.8, 4) is 0 Å². The van der Waals surface area contributed by atoms with E-state index in [0.29, 0.717) is 15.8 Å². The van der Waals surface area contributed by atoms with Gasteiger partial charge in [0, 0.05) is 13.2 Å². The van der Waals surface area contributed by atoms with Crippen molar-refractivity contribution in [3.63, 3.8) is 0 Å². The van der Waals surface area contributed by atoms with Gasteiger partial charge >= 0.3 is 5.97 Å². The van der Waals surface area contributed by atoms with Crippen molar-refractivity contribution in [1.29, 1.82) is 0 Å². The Hall–Kier alpha value is -1.11. The van der Waals surface area contributed by atoms with Crippen LogP contribution >= 0.6 is 22.9 Å². The van der Waals surface area contributed by atoms with Crippen molar-refractivity contribution in [3.05, 3.63) is 21.3 Å². The maximum Gasteiger partial charge on any atom is 0.348 e. The largest absolute Gasteiger partial charge is 0.451 e. The number of thiophene rings is 1. The van der Waals surface area contributed by atoms with Gasteiger partial charge in [-0.15, -0.1) is 11.3 Å². The highest BCUT2D eigenvalue weighted by molar-refractivity contribution is 7.17. The molecule has 1 aliphatic rings. The van der Waals surface area contributed by atoms with Gasteiger partial charge in [0.05, 0.1) is 10.4 Å². The molecule has 0 spiro atoms. The lowest BCUT2D eigenvalue weighted by Crippen LogP contribution is -2.34. The molecule has 1 aliphatic heterocycles. The quantitative estimate of drug-likeness (QED) is 0.843. The standard InChI is InChI=1S/C12H14ClNO4S/c13-10-4-3-9(19-10)12(16)18-7-11(15)14-6-8-2-1-5-17-8/h3-4,8H,1-2,5-7H2,(H,14,15)/t8-/m0/s1. The molecule has 5 nitrogen and oxygen atoms in total. The first-order chi connectivity index (χ1) is 9.15. The molecule has 0 unspecified atom stereocenters. The molecule has 19 heavy (non-hydrogen) atoms. The van der Waals surface area contributed by atoms with Gasteiger partial charge in [0.1, 0.15) is 4.88 Å². The SMILES string of the molecule is O=C(COC(=O)c1ccc(Cl)s1)NC[C@@H]1CCCO1. The van der Waals surface area contributed by atoms with E-state index in [4.69, 9.17) is 21.1 Å². The highest BCUT2D eigenvalue weighted by Gasteiger charge is 2.17. The first-order valence-corrected chi connectivity index (χ1v) is 7.15. The molecule has 1 saturated heterocycles. The first kappa shape index (κ1) is 14.3. The van der Waals surface area contributed by atoms with Crippen molar-refractivity contribution < 1.29 is 19.1 Å². The van der Waals surface area contributed by atoms with Crippen LogP contribution in [0.3, 0.4) is 0 Å². The van der Waals surface area contributed by atoms with E-state index in [1.807, 2.05) is 0 Å². The zero-order chi connectivity index (χ0) is 13.7. The van der Waals surface area contributed by atoms with Gasteiger partial charge < -0.3 is 14.8 Å². The van der Waals surface area contributed by atoms with Crippen molar-refractivity contribution in [2.45, 2.75) is 18.9 Å². The third-order valence-corrected chi connectivity index (χ3v) is 3.87. The number of amides is 1. The summed E-state index contributed by atoms with van der Waals surface area (Å²) in [5, 5.41) is 2.67. The minimum Gasteiger partial charge on any atom is -0.451 e. The number of hydrogen-bond donors (Lipinski definition) is 1. The lowest BCUT2D eigenvalue weighted by molar-refractivity contribution is -0.124. The number of hydrogen-bond acceptors (Lipinski definition) is 5. The van der Waals surface area contributed by atoms with Gasteiger partial charge in [-0.2, -0.15) is 0 Å². The Morgan fingerprint density at radius 3 is 3.00 bits per heavy atom. The second-order valence-corrected chi connectivity index (χ2v) is 5.83. The van der Waals surface area contributed by atoms with Crippen molar-refractivity contribution >= 4 is 34.8 Å². The first-order valence-electron chi connectivity index (χ1n) is 5.96. The molecule has 0 aliphatic carbocycles. The lowest BCUT2D eigenvalue weighted by atomic mass is 10.2. The van der Waals surface area contributed by atoms with Crippen LogP contribution in [0.25, 0.3) is 0 Å². The Labute approximate surface area is 119 Å². The molecule has 2 heterocycles. The van der Waals surface area contributed by atoms with Gasteiger partial charge in [-0.25, -0.2) is 4.79 Å². The summed E-state index contributed by atoms with van der Waals surface area (Å²) in [6.07, 6.45) is 2.05. The van der Waals surface area contributed by atoms with E-state index in [1.165, 1.54) is 0 Å². The Balaban J connectivity index is 1.66. The maximum atomic E-state index is 11.5. The molecule has 0 radical (unpaired) electrons. The smallest absolute Gasteiger partial charge is 0.348 e. The molecule has 104 valence electrons. The molecule has 1 atom stereocenters. The predicted molar refractivity (Wildman–Crippen MR) is 71.6 cm³/mol. The van der Waals surface area contributed by atoms with E-state index in [9.17, 15) is 9.59 Å². The summed E-state index contributed by atoms with van der Waals surface area (Å²) < 4.78 is 10.8. The number of carbonyl (C=O) groups is 2. The molecule has 0 bridgehead atoms. The molecule has 2 rings (SSSR count). The summed E-state index contributed by atoms with van der Waals surface area (Å²) in [5.74, 6) is -0.865. The van der Waals surface area contributed by atoms with Gasteiger partial charge in [-0.1, -0.05) is 11.6 Å². The fourth-order valence-corrected chi connectivity index (χ4v) is 2.65. The third kappa shape index (κ3) is 4.49. The molecule has 7 heteroatoms. The van der Waals surface area contributed by atoms with Crippen LogP contribution in [0.2, 0.25) is 4.34 Å². The summed E-state index contributed by atoms with van der Waals surface area (Å²) in [4.78, 5) is 23.4. The van der Waals surface area contributed by atoms with Crippen LogP contribution in [0, 0.1) is 0 Å². The Morgan fingerprint density at radius 2 is 2.37 bits per heavy atom. The highest BCUT2D eigenvalue weighted by Crippen LogP contribution is 2.21. The average Bonchev–Trinajstić information content (AvgIpc) is 3.04. The summed E-state index contributed by atoms with van der Waals surface area (Å²) in [6.45, 7) is 0.914. The van der Waals surface area contributed by atoms with E-state index < -0.39 is 5.97 Å². The highest BCUT2D eigenvalue weighted by atomic mass is 35.5. The Morgan fingerprint density at radius 1 is 1.53 bits per heavy atom. The molecule has 1 aromatic heterocycles. The predicted octanol–water partition coefficient (Wildman–Crippen LogP) is 1.85. The zero-order valence-corrected chi connectivity index (χ0v) is 11.8. The van der Waals surface area contributed by atoms with Gasteiger partial charge in [0.25, 0.3) is 5.91 Å². The fraction of sp³-hybridized carbons (Fsp3) is 0.500. The molecule has 1 amide bonds. The van der Waals surface area contributed by atoms with E-state index in [-0.39, 0.29) is 18.6 Å². The van der Waals surface area contributed by atoms with Gasteiger partial charge in [-0.3, -0.25) is 4.79 Å². The Kier molecular flexibility index (Phi) is 5.18. The van der Waals surface area contributed by atoms with Crippen LogP contribution < -0.4 is 5.32 Å². The number of esters is 1. The number of carbonyl (C=O) groups excluding carboxylic acids is 2. The molecule has 0 saturated carbocycles. The van der Waals surface area contributed by atoms with E-state index in [1.54, 1.807) is 12.1 Å². The normalized spacial score (nSPS) is 18.3. The Bertz CT molecular complexity index is 456. The van der Waals surface area contributed by atoms with E-state index in [0.717, 1.165) is 30.8 Å². The summed E-state index contributed by atoms with van der Waals surface area (Å²) in [6, 6.07) is 3.18. The molecule has 1 aromatic rings. The molecule has 1 fully saturated rings. The lowest BCUT2D eigenvalue weighted by Gasteiger charge is -2.10. The maximum absolute atomic E-state index is 11.5. The number of halogens is 1. The summed E-state index contributed by atoms with van der Waals surface area (Å²) in [7, 11) is 0. The van der Waals surface area contributed by atoms with Gasteiger partial charge in [0.2, 0.25) is 0 Å². The van der Waals surface area contributed by atoms with Gasteiger partial charge in [0.15, 0.2) is 6.61 Å². The molecule has 0 aromatic carbocycles. The van der Waals surface area contributed by atoms with Crippen LogP contribution in [0.5, 0.6) is 0 Å². The monoisotopic (exact) mass is 303 g/mol. The van der Waals surface area contributed by atoms with Gasteiger partial charge in [-0.05, 0) is 25.0 Å². The number of nitrogens with one attached hydrogen (secondary N) is 1. The van der Waals surface area contributed by atoms with Crippen LogP contribution in [0.15, 0.2) is 12.1 Å². The number of ether oxygens (including phenoxy) is 2. The molecular weight excluding hydrogens is 290 g/mol. The van der Waals surface area contributed by atoms with Crippen LogP contribution in [0.1, 0.15) is 22.5 Å². The second kappa shape index (κ2) is 6.88. The topological polar surface area (TPSA) is 64.6 Å². The zero-order valence-electron chi connectivity index (χ0n) is 10.2. The van der Waals surface area contributed by atoms with E-state index >= 15 is 0 Å². The molecular formula is C12H14ClNO4S. The average molecular weight is 304 g/mol. The second-order valence-electron chi connectivity index (χ2n) is 4.12. The van der Waals surface area contributed by atoms with E-state index in [2.05, 4.69) is 5.32 Å². The van der Waals surface area contributed by atoms with Crippen LogP contribution in [0.4, 0.5) is 0 Å². The minimum atomic E-state index is -0.538. The summed E-state index contributed by atoms with van der Waals surface area (Å²) >= 11 is 6.83. The van der Waals surface area contributed by atoms with Crippen molar-refractivity contribution in [2.24, 2.45) is 0 Å². The van der Waals surface area contributed by atoms with Crippen molar-refractivity contribution in [1.82, 2.24) is 5.32 Å². The summed E-state index contributed by atoms with van der Waals surface area (Å²) in [5.41, 5.74) is 0. The fourth-order valence-electron chi connectivity index (χ4n) is 1.71. The van der Waals surface area contributed by atoms with Crippen LogP contribution in [-0.2, 0) is 14.3 Å². The van der Waals surface area contributed by atoms with Crippen molar-refractivity contribution in [2.75, 3.05) is 19.8 Å². The third-order valence-electron chi connectivity index (χ3n) is 2.66. The minimum absolute atomic E-state index is 0.0794.